The minimum absolute atomic E-state index is 0.0861. The highest BCUT2D eigenvalue weighted by Gasteiger charge is 2.36. The Morgan fingerprint density at radius 2 is 1.84 bits per heavy atom. The summed E-state index contributed by atoms with van der Waals surface area (Å²) >= 11 is 0. The molecular formula is C28H30F4N4O6S. The third-order valence-corrected chi connectivity index (χ3v) is 7.55. The molecule has 0 unspecified atom stereocenters. The number of amides is 2. The summed E-state index contributed by atoms with van der Waals surface area (Å²) in [4.78, 5) is 27.1. The molecule has 3 rings (SSSR count). The van der Waals surface area contributed by atoms with Crippen molar-refractivity contribution >= 4 is 27.9 Å². The van der Waals surface area contributed by atoms with Crippen LogP contribution in [-0.4, -0.2) is 76.0 Å². The van der Waals surface area contributed by atoms with Crippen LogP contribution in [0.3, 0.4) is 0 Å². The first-order chi connectivity index (χ1) is 20.2. The Hall–Kier alpha value is -4.16. The lowest BCUT2D eigenvalue weighted by atomic mass is 10.1. The molecule has 1 saturated heterocycles. The highest BCUT2D eigenvalue weighted by atomic mass is 32.2. The van der Waals surface area contributed by atoms with Crippen LogP contribution < -0.4 is 19.5 Å². The molecule has 2 aromatic carbocycles. The van der Waals surface area contributed by atoms with Crippen LogP contribution in [0.4, 0.5) is 17.6 Å². The van der Waals surface area contributed by atoms with E-state index in [0.717, 1.165) is 6.08 Å². The van der Waals surface area contributed by atoms with Crippen LogP contribution in [0.25, 0.3) is 6.08 Å². The van der Waals surface area contributed by atoms with Gasteiger partial charge in [-0.15, -0.1) is 0 Å². The van der Waals surface area contributed by atoms with E-state index in [1.54, 1.807) is 6.07 Å². The largest absolute Gasteiger partial charge is 0.496 e. The summed E-state index contributed by atoms with van der Waals surface area (Å²) in [6.45, 7) is 1.03. The summed E-state index contributed by atoms with van der Waals surface area (Å²) in [5, 5.41) is 11.7. The lowest BCUT2D eigenvalue weighted by Gasteiger charge is -2.34. The summed E-state index contributed by atoms with van der Waals surface area (Å²) in [7, 11) is -3.58. The van der Waals surface area contributed by atoms with Crippen molar-refractivity contribution in [3.8, 4) is 17.6 Å². The zero-order valence-corrected chi connectivity index (χ0v) is 23.9. The molecule has 2 aromatic rings. The second-order valence-corrected chi connectivity index (χ2v) is 11.5. The lowest BCUT2D eigenvalue weighted by molar-refractivity contribution is -0.121. The Morgan fingerprint density at radius 3 is 2.44 bits per heavy atom. The molecule has 0 aliphatic carbocycles. The molecule has 0 bridgehead atoms. The molecule has 0 saturated carbocycles. The fourth-order valence-electron chi connectivity index (χ4n) is 4.43. The molecule has 15 heteroatoms. The van der Waals surface area contributed by atoms with Gasteiger partial charge in [0.15, 0.2) is 5.75 Å². The van der Waals surface area contributed by atoms with Gasteiger partial charge >= 0.3 is 6.18 Å². The number of benzene rings is 2. The van der Waals surface area contributed by atoms with Gasteiger partial charge in [-0.05, 0) is 61.4 Å². The number of carbonyl (C=O) groups excluding carboxylic acids is 2. The minimum Gasteiger partial charge on any atom is -0.496 e. The van der Waals surface area contributed by atoms with E-state index in [4.69, 9.17) is 14.7 Å². The number of hydrogen-bond donors (Lipinski definition) is 2. The van der Waals surface area contributed by atoms with Crippen LogP contribution in [0.2, 0.25) is 0 Å². The molecule has 1 heterocycles. The van der Waals surface area contributed by atoms with E-state index in [-0.39, 0.29) is 12.6 Å². The van der Waals surface area contributed by atoms with Gasteiger partial charge in [0.1, 0.15) is 23.4 Å². The smallest absolute Gasteiger partial charge is 0.404 e. The number of carbonyl (C=O) groups is 2. The molecule has 10 nitrogen and oxygen atoms in total. The number of methoxy groups -OCH3 is 1. The maximum Gasteiger partial charge on any atom is 0.404 e. The van der Waals surface area contributed by atoms with Crippen molar-refractivity contribution in [1.29, 1.82) is 5.26 Å². The summed E-state index contributed by atoms with van der Waals surface area (Å²) in [6, 6.07) is 11.2. The van der Waals surface area contributed by atoms with Crippen LogP contribution in [0.1, 0.15) is 30.4 Å². The van der Waals surface area contributed by atoms with E-state index in [1.165, 1.54) is 54.3 Å². The predicted molar refractivity (Wildman–Crippen MR) is 148 cm³/mol. The van der Waals surface area contributed by atoms with E-state index in [0.29, 0.717) is 48.6 Å². The standard InChI is InChI=1S/C28H30F4N4O6S/c1-41-25-8-2-19(16-33)14-20(25)3-9-26(37)34-22(15-27(38)35-43(39,40)18-28(30,31)32)17-36-12-10-24(11-13-36)42-23-6-4-21(29)5-7-23/h2-9,14,22,24H,10-13,15,17-18H2,1H3,(H,34,37)(H,35,38)/b9-3+/t22-/m1/s1. The van der Waals surface area contributed by atoms with E-state index in [9.17, 15) is 35.6 Å². The summed E-state index contributed by atoms with van der Waals surface area (Å²) < 4.78 is 87.1. The zero-order chi connectivity index (χ0) is 31.6. The summed E-state index contributed by atoms with van der Waals surface area (Å²) in [5.41, 5.74) is 0.745. The molecular weight excluding hydrogens is 596 g/mol. The summed E-state index contributed by atoms with van der Waals surface area (Å²) in [5.74, 6) is -3.61. The van der Waals surface area contributed by atoms with Crippen LogP contribution in [-0.2, 0) is 19.6 Å². The molecule has 0 aromatic heterocycles. The number of rotatable bonds is 12. The second-order valence-electron chi connectivity index (χ2n) is 9.78. The molecule has 1 aliphatic rings. The molecule has 0 spiro atoms. The number of hydrogen-bond acceptors (Lipinski definition) is 8. The maximum absolute atomic E-state index is 13.2. The number of nitriles is 1. The van der Waals surface area contributed by atoms with Gasteiger partial charge in [0.25, 0.3) is 0 Å². The van der Waals surface area contributed by atoms with Crippen molar-refractivity contribution in [2.24, 2.45) is 0 Å². The highest BCUT2D eigenvalue weighted by Crippen LogP contribution is 2.22. The third kappa shape index (κ3) is 11.6. The lowest BCUT2D eigenvalue weighted by Crippen LogP contribution is -2.49. The van der Waals surface area contributed by atoms with Crippen LogP contribution >= 0.6 is 0 Å². The Kier molecular flexibility index (Phi) is 11.5. The number of nitrogens with zero attached hydrogens (tertiary/aromatic N) is 2. The van der Waals surface area contributed by atoms with Gasteiger partial charge in [-0.25, -0.2) is 12.8 Å². The Balaban J connectivity index is 1.67. The monoisotopic (exact) mass is 626 g/mol. The van der Waals surface area contributed by atoms with Gasteiger partial charge in [-0.3, -0.25) is 14.3 Å². The molecule has 0 radical (unpaired) electrons. The molecule has 232 valence electrons. The van der Waals surface area contributed by atoms with Crippen LogP contribution in [0.5, 0.6) is 11.5 Å². The van der Waals surface area contributed by atoms with Crippen molar-refractivity contribution in [2.45, 2.75) is 37.6 Å². The average Bonchev–Trinajstić information content (AvgIpc) is 2.92. The van der Waals surface area contributed by atoms with E-state index >= 15 is 0 Å². The molecule has 43 heavy (non-hydrogen) atoms. The Morgan fingerprint density at radius 1 is 1.16 bits per heavy atom. The van der Waals surface area contributed by atoms with Gasteiger partial charge in [0.05, 0.1) is 24.8 Å². The fourth-order valence-corrected chi connectivity index (χ4v) is 5.36. The van der Waals surface area contributed by atoms with Gasteiger partial charge in [0.2, 0.25) is 21.8 Å². The first-order valence-electron chi connectivity index (χ1n) is 13.1. The van der Waals surface area contributed by atoms with Gasteiger partial charge in [-0.1, -0.05) is 0 Å². The molecule has 2 N–H and O–H groups in total. The number of likely N-dealkylation sites (tertiary alicyclic amines) is 1. The van der Waals surface area contributed by atoms with E-state index in [1.807, 2.05) is 11.0 Å². The molecule has 1 atom stereocenters. The highest BCUT2D eigenvalue weighted by molar-refractivity contribution is 7.90. The number of alkyl halides is 3. The van der Waals surface area contributed by atoms with Crippen molar-refractivity contribution in [3.63, 3.8) is 0 Å². The van der Waals surface area contributed by atoms with Crippen molar-refractivity contribution in [1.82, 2.24) is 14.9 Å². The number of sulfonamides is 1. The van der Waals surface area contributed by atoms with Gasteiger partial charge in [-0.2, -0.15) is 18.4 Å². The number of ether oxygens (including phenoxy) is 2. The third-order valence-electron chi connectivity index (χ3n) is 6.30. The predicted octanol–water partition coefficient (Wildman–Crippen LogP) is 3.15. The van der Waals surface area contributed by atoms with Crippen LogP contribution in [0.15, 0.2) is 48.5 Å². The zero-order valence-electron chi connectivity index (χ0n) is 23.1. The fraction of sp³-hybridized carbons (Fsp3) is 0.393. The van der Waals surface area contributed by atoms with Crippen molar-refractivity contribution < 1.29 is 45.0 Å². The van der Waals surface area contributed by atoms with E-state index in [2.05, 4.69) is 5.32 Å². The number of nitrogens with one attached hydrogen (secondary N) is 2. The quantitative estimate of drug-likeness (QED) is 0.271. The second kappa shape index (κ2) is 14.8. The van der Waals surface area contributed by atoms with Crippen molar-refractivity contribution in [3.05, 3.63) is 65.5 Å². The van der Waals surface area contributed by atoms with E-state index < -0.39 is 52.0 Å². The minimum atomic E-state index is -5.05. The normalized spacial score (nSPS) is 15.4. The maximum atomic E-state index is 13.2. The number of halogens is 4. The molecule has 2 amide bonds. The topological polar surface area (TPSA) is 138 Å². The first kappa shape index (κ1) is 33.3. The van der Waals surface area contributed by atoms with Crippen LogP contribution in [0, 0.1) is 17.1 Å². The SMILES string of the molecule is COc1ccc(C#N)cc1/C=C/C(=O)N[C@H](CC(=O)NS(=O)(=O)CC(F)(F)F)CN1CCC(Oc2ccc(F)cc2)CC1. The average molecular weight is 627 g/mol. The summed E-state index contributed by atoms with van der Waals surface area (Å²) in [6.07, 6.45) is -2.21. The van der Waals surface area contributed by atoms with Gasteiger partial charge in [0, 0.05) is 37.7 Å². The first-order valence-corrected chi connectivity index (χ1v) is 14.7. The van der Waals surface area contributed by atoms with Crippen molar-refractivity contribution in [2.75, 3.05) is 32.5 Å². The molecule has 1 aliphatic heterocycles. The Bertz CT molecular complexity index is 1450. The molecule has 1 fully saturated rings. The Labute approximate surface area is 246 Å². The van der Waals surface area contributed by atoms with Gasteiger partial charge < -0.3 is 19.7 Å². The number of piperidine rings is 1.